The highest BCUT2D eigenvalue weighted by atomic mass is 79.9. The monoisotopic (exact) mass is 174 g/mol. The average molecular weight is 175 g/mol. The van der Waals surface area contributed by atoms with E-state index in [1.165, 1.54) is 0 Å². The highest BCUT2D eigenvalue weighted by molar-refractivity contribution is 9.09. The molecule has 0 fully saturated rings. The lowest BCUT2D eigenvalue weighted by molar-refractivity contribution is 0.571. The Kier molecular flexibility index (Phi) is 3.16. The third-order valence-corrected chi connectivity index (χ3v) is 0.811. The first-order chi connectivity index (χ1) is 3.56. The highest BCUT2D eigenvalue weighted by Crippen LogP contribution is 2.09. The normalized spacial score (nSPS) is 10.0. The van der Waals surface area contributed by atoms with Gasteiger partial charge in [0.2, 0.25) is 0 Å². The first-order valence-corrected chi connectivity index (χ1v) is 3.74. The molecule has 0 amide bonds. The lowest BCUT2D eigenvalue weighted by Gasteiger charge is -2.05. The lowest BCUT2D eigenvalue weighted by Crippen LogP contribution is -1.98. The molecule has 0 saturated heterocycles. The number of alkyl halides is 1. The summed E-state index contributed by atoms with van der Waals surface area (Å²) in [5.74, 6) is 6.03. The van der Waals surface area contributed by atoms with Crippen LogP contribution in [0.25, 0.3) is 0 Å². The van der Waals surface area contributed by atoms with Gasteiger partial charge >= 0.3 is 0 Å². The van der Waals surface area contributed by atoms with Crippen LogP contribution in [0.1, 0.15) is 20.8 Å². The number of halogens is 1. The van der Waals surface area contributed by atoms with Crippen LogP contribution in [0.15, 0.2) is 0 Å². The molecule has 0 N–H and O–H groups in total. The minimum atomic E-state index is 0.160. The van der Waals surface area contributed by atoms with Crippen molar-refractivity contribution >= 4 is 15.9 Å². The fraction of sp³-hybridized carbons (Fsp3) is 0.714. The first-order valence-electron chi connectivity index (χ1n) is 2.62. The smallest absolute Gasteiger partial charge is 0.0645 e. The van der Waals surface area contributed by atoms with Gasteiger partial charge in [0.05, 0.1) is 5.33 Å². The van der Waals surface area contributed by atoms with E-state index >= 15 is 0 Å². The third-order valence-electron chi connectivity index (χ3n) is 0.530. The Morgan fingerprint density at radius 3 is 2.00 bits per heavy atom. The van der Waals surface area contributed by atoms with Crippen LogP contribution in [-0.2, 0) is 0 Å². The minimum absolute atomic E-state index is 0.160. The van der Waals surface area contributed by atoms with Crippen molar-refractivity contribution in [2.24, 2.45) is 5.41 Å². The molecule has 0 rings (SSSR count). The average Bonchev–Trinajstić information content (AvgIpc) is 1.59. The summed E-state index contributed by atoms with van der Waals surface area (Å²) >= 11 is 3.23. The van der Waals surface area contributed by atoms with Crippen LogP contribution in [0.4, 0.5) is 0 Å². The minimum Gasteiger partial charge on any atom is -0.0965 e. The van der Waals surface area contributed by atoms with Crippen LogP contribution in [0, 0.1) is 17.3 Å². The molecule has 0 aliphatic heterocycles. The summed E-state index contributed by atoms with van der Waals surface area (Å²) in [6, 6.07) is 0. The fourth-order valence-electron chi connectivity index (χ4n) is 0.299. The maximum Gasteiger partial charge on any atom is 0.0645 e. The van der Waals surface area contributed by atoms with E-state index in [0.29, 0.717) is 0 Å². The van der Waals surface area contributed by atoms with E-state index in [4.69, 9.17) is 0 Å². The van der Waals surface area contributed by atoms with Gasteiger partial charge in [-0.05, 0) is 20.8 Å². The lowest BCUT2D eigenvalue weighted by atomic mass is 9.98. The van der Waals surface area contributed by atoms with Crippen LogP contribution in [0.2, 0.25) is 0 Å². The molecule has 0 heterocycles. The van der Waals surface area contributed by atoms with Crippen LogP contribution in [0.5, 0.6) is 0 Å². The second-order valence-electron chi connectivity index (χ2n) is 2.69. The van der Waals surface area contributed by atoms with Gasteiger partial charge in [0.15, 0.2) is 0 Å². The molecule has 0 atom stereocenters. The maximum absolute atomic E-state index is 3.23. The van der Waals surface area contributed by atoms with Gasteiger partial charge in [-0.1, -0.05) is 27.8 Å². The zero-order valence-corrected chi connectivity index (χ0v) is 7.17. The van der Waals surface area contributed by atoms with Gasteiger partial charge in [-0.3, -0.25) is 0 Å². The van der Waals surface area contributed by atoms with Crippen molar-refractivity contribution in [3.63, 3.8) is 0 Å². The van der Waals surface area contributed by atoms with E-state index in [2.05, 4.69) is 48.5 Å². The standard InChI is InChI=1S/C7H11Br/c1-7(2,3)5-4-6-8/h6H2,1-3H3. The zero-order chi connectivity index (χ0) is 6.62. The highest BCUT2D eigenvalue weighted by Gasteiger charge is 2.01. The fourth-order valence-corrected chi connectivity index (χ4v) is 0.439. The van der Waals surface area contributed by atoms with Gasteiger partial charge in [0, 0.05) is 5.41 Å². The Hall–Kier alpha value is 0.0400. The van der Waals surface area contributed by atoms with Crippen LogP contribution < -0.4 is 0 Å². The number of rotatable bonds is 0. The summed E-state index contributed by atoms with van der Waals surface area (Å²) in [4.78, 5) is 0. The molecule has 1 heteroatoms. The molecule has 0 spiro atoms. The Bertz CT molecular complexity index is 109. The van der Waals surface area contributed by atoms with Gasteiger partial charge in [0.25, 0.3) is 0 Å². The van der Waals surface area contributed by atoms with Crippen molar-refractivity contribution < 1.29 is 0 Å². The van der Waals surface area contributed by atoms with Crippen molar-refractivity contribution in [2.45, 2.75) is 20.8 Å². The van der Waals surface area contributed by atoms with E-state index in [-0.39, 0.29) is 5.41 Å². The first kappa shape index (κ1) is 8.04. The predicted molar refractivity (Wildman–Crippen MR) is 41.0 cm³/mol. The summed E-state index contributed by atoms with van der Waals surface area (Å²) in [6.07, 6.45) is 0. The Labute approximate surface area is 59.8 Å². The molecule has 0 aliphatic rings. The largest absolute Gasteiger partial charge is 0.0965 e. The van der Waals surface area contributed by atoms with Crippen molar-refractivity contribution in [1.29, 1.82) is 0 Å². The molecule has 0 unspecified atom stereocenters. The summed E-state index contributed by atoms with van der Waals surface area (Å²) in [7, 11) is 0. The van der Waals surface area contributed by atoms with E-state index in [1.807, 2.05) is 0 Å². The Morgan fingerprint density at radius 2 is 1.88 bits per heavy atom. The summed E-state index contributed by atoms with van der Waals surface area (Å²) in [5.41, 5.74) is 0.160. The molecule has 0 bridgehead atoms. The van der Waals surface area contributed by atoms with Crippen LogP contribution in [-0.4, -0.2) is 5.33 Å². The van der Waals surface area contributed by atoms with Crippen molar-refractivity contribution in [3.05, 3.63) is 0 Å². The topological polar surface area (TPSA) is 0 Å². The predicted octanol–water partition coefficient (Wildman–Crippen LogP) is 2.43. The van der Waals surface area contributed by atoms with E-state index in [1.54, 1.807) is 0 Å². The summed E-state index contributed by atoms with van der Waals surface area (Å²) < 4.78 is 0. The molecule has 0 aromatic heterocycles. The molecule has 46 valence electrons. The molecular formula is C7H11Br. The zero-order valence-electron chi connectivity index (χ0n) is 5.59. The summed E-state index contributed by atoms with van der Waals surface area (Å²) in [6.45, 7) is 6.30. The molecule has 0 saturated carbocycles. The molecule has 0 nitrogen and oxygen atoms in total. The molecule has 0 aromatic carbocycles. The van der Waals surface area contributed by atoms with Crippen LogP contribution >= 0.6 is 15.9 Å². The van der Waals surface area contributed by atoms with E-state index < -0.39 is 0 Å². The van der Waals surface area contributed by atoms with Gasteiger partial charge in [0.1, 0.15) is 0 Å². The number of hydrogen-bond acceptors (Lipinski definition) is 0. The molecule has 0 aliphatic carbocycles. The van der Waals surface area contributed by atoms with Crippen molar-refractivity contribution in [2.75, 3.05) is 5.33 Å². The van der Waals surface area contributed by atoms with Gasteiger partial charge in [-0.2, -0.15) is 0 Å². The van der Waals surface area contributed by atoms with Gasteiger partial charge in [-0.15, -0.1) is 0 Å². The Balaban J connectivity index is 3.69. The van der Waals surface area contributed by atoms with Gasteiger partial charge < -0.3 is 0 Å². The van der Waals surface area contributed by atoms with Crippen molar-refractivity contribution in [3.8, 4) is 11.8 Å². The molecule has 0 radical (unpaired) electrons. The molecular weight excluding hydrogens is 164 g/mol. The van der Waals surface area contributed by atoms with Crippen molar-refractivity contribution in [1.82, 2.24) is 0 Å². The molecule has 8 heavy (non-hydrogen) atoms. The van der Waals surface area contributed by atoms with E-state index in [0.717, 1.165) is 5.33 Å². The molecule has 0 aromatic rings. The Morgan fingerprint density at radius 1 is 1.38 bits per heavy atom. The summed E-state index contributed by atoms with van der Waals surface area (Å²) in [5, 5.41) is 0.782. The maximum atomic E-state index is 3.23. The second-order valence-corrected chi connectivity index (χ2v) is 3.25. The van der Waals surface area contributed by atoms with Gasteiger partial charge in [-0.25, -0.2) is 0 Å². The second kappa shape index (κ2) is 3.14. The third kappa shape index (κ3) is 6.04. The quantitative estimate of drug-likeness (QED) is 0.391. The SMILES string of the molecule is CC(C)(C)C#CCBr. The number of hydrogen-bond donors (Lipinski definition) is 0. The van der Waals surface area contributed by atoms with Crippen LogP contribution in [0.3, 0.4) is 0 Å². The van der Waals surface area contributed by atoms with E-state index in [9.17, 15) is 0 Å².